The summed E-state index contributed by atoms with van der Waals surface area (Å²) in [4.78, 5) is 11.1. The topological polar surface area (TPSA) is 28.6 Å². The number of aryl methyl sites for hydroxylation is 2. The van der Waals surface area contributed by atoms with E-state index in [9.17, 15) is 0 Å². The molecule has 0 spiro atoms. The number of hydrogen-bond acceptors (Lipinski definition) is 5. The highest BCUT2D eigenvalue weighted by Gasteiger charge is 2.27. The Bertz CT molecular complexity index is 409. The summed E-state index contributed by atoms with van der Waals surface area (Å²) in [5, 5.41) is 1.22. The van der Waals surface area contributed by atoms with Gasteiger partial charge in [0.2, 0.25) is 0 Å². The molecule has 1 aromatic heterocycles. The van der Waals surface area contributed by atoms with Gasteiger partial charge >= 0.3 is 0 Å². The number of nitrogens with zero attached hydrogens (tertiary/aromatic N) is 3. The Balaban J connectivity index is 1.54. The third kappa shape index (κ3) is 3.09. The number of rotatable bonds is 3. The molecule has 0 saturated carbocycles. The van der Waals surface area contributed by atoms with E-state index in [1.54, 1.807) is 0 Å². The Kier molecular flexibility index (Phi) is 4.05. The van der Waals surface area contributed by atoms with Gasteiger partial charge in [-0.05, 0) is 26.2 Å². The quantitative estimate of drug-likeness (QED) is 0.846. The van der Waals surface area contributed by atoms with Gasteiger partial charge in [-0.2, -0.15) is 0 Å². The number of hydrogen-bond donors (Lipinski definition) is 0. The van der Waals surface area contributed by atoms with Crippen LogP contribution in [0, 0.1) is 19.8 Å². The molecule has 2 aliphatic rings. The van der Waals surface area contributed by atoms with Gasteiger partial charge in [-0.25, -0.2) is 4.98 Å². The van der Waals surface area contributed by atoms with E-state index in [2.05, 4.69) is 28.6 Å². The lowest BCUT2D eigenvalue weighted by Gasteiger charge is -2.29. The average molecular weight is 281 g/mol. The minimum atomic E-state index is 0.794. The van der Waals surface area contributed by atoms with Crippen LogP contribution < -0.4 is 4.90 Å². The Morgan fingerprint density at radius 1 is 1.26 bits per heavy atom. The minimum absolute atomic E-state index is 0.794. The Morgan fingerprint density at radius 2 is 2.05 bits per heavy atom. The average Bonchev–Trinajstić information content (AvgIpc) is 2.99. The van der Waals surface area contributed by atoms with Gasteiger partial charge in [0.25, 0.3) is 0 Å². The Morgan fingerprint density at radius 3 is 2.74 bits per heavy atom. The monoisotopic (exact) mass is 281 g/mol. The molecule has 1 atom stereocenters. The van der Waals surface area contributed by atoms with Gasteiger partial charge in [0.15, 0.2) is 5.13 Å². The van der Waals surface area contributed by atoms with Gasteiger partial charge in [-0.1, -0.05) is 0 Å². The van der Waals surface area contributed by atoms with Crippen molar-refractivity contribution in [3.8, 4) is 0 Å². The van der Waals surface area contributed by atoms with E-state index in [4.69, 9.17) is 4.74 Å². The third-order valence-corrected chi connectivity index (χ3v) is 5.33. The Hall–Kier alpha value is -0.650. The molecule has 19 heavy (non-hydrogen) atoms. The van der Waals surface area contributed by atoms with Crippen molar-refractivity contribution >= 4 is 16.5 Å². The van der Waals surface area contributed by atoms with E-state index in [-0.39, 0.29) is 0 Å². The maximum atomic E-state index is 5.41. The van der Waals surface area contributed by atoms with Crippen LogP contribution in [0.25, 0.3) is 0 Å². The van der Waals surface area contributed by atoms with Crippen molar-refractivity contribution in [3.05, 3.63) is 10.6 Å². The molecule has 3 rings (SSSR count). The van der Waals surface area contributed by atoms with Gasteiger partial charge in [0.1, 0.15) is 0 Å². The SMILES string of the molecule is Cc1nc(N2CCC(CN3CCOCC3)C2)sc1C. The second-order valence-corrected chi connectivity index (χ2v) is 6.83. The van der Waals surface area contributed by atoms with E-state index < -0.39 is 0 Å². The highest BCUT2D eigenvalue weighted by Crippen LogP contribution is 2.30. The number of anilines is 1. The van der Waals surface area contributed by atoms with Crippen LogP contribution >= 0.6 is 11.3 Å². The zero-order chi connectivity index (χ0) is 13.2. The zero-order valence-corrected chi connectivity index (χ0v) is 12.7. The summed E-state index contributed by atoms with van der Waals surface area (Å²) in [6, 6.07) is 0. The van der Waals surface area contributed by atoms with Crippen molar-refractivity contribution in [2.45, 2.75) is 20.3 Å². The highest BCUT2D eigenvalue weighted by molar-refractivity contribution is 7.15. The van der Waals surface area contributed by atoms with Crippen LogP contribution in [0.1, 0.15) is 17.0 Å². The van der Waals surface area contributed by atoms with Crippen molar-refractivity contribution in [2.24, 2.45) is 5.92 Å². The summed E-state index contributed by atoms with van der Waals surface area (Å²) in [6.45, 7) is 11.9. The van der Waals surface area contributed by atoms with E-state index in [1.165, 1.54) is 41.8 Å². The predicted molar refractivity (Wildman–Crippen MR) is 79.2 cm³/mol. The van der Waals surface area contributed by atoms with Crippen LogP contribution in [-0.2, 0) is 4.74 Å². The van der Waals surface area contributed by atoms with Crippen LogP contribution in [0.15, 0.2) is 0 Å². The first kappa shape index (κ1) is 13.3. The second kappa shape index (κ2) is 5.77. The van der Waals surface area contributed by atoms with Crippen molar-refractivity contribution in [2.75, 3.05) is 50.8 Å². The van der Waals surface area contributed by atoms with Crippen LogP contribution in [0.3, 0.4) is 0 Å². The molecule has 1 unspecified atom stereocenters. The van der Waals surface area contributed by atoms with Crippen molar-refractivity contribution in [3.63, 3.8) is 0 Å². The van der Waals surface area contributed by atoms with Gasteiger partial charge in [-0.3, -0.25) is 4.90 Å². The van der Waals surface area contributed by atoms with E-state index in [0.29, 0.717) is 0 Å². The number of morpholine rings is 1. The molecule has 5 heteroatoms. The third-order valence-electron chi connectivity index (χ3n) is 4.19. The molecule has 2 saturated heterocycles. The molecule has 0 N–H and O–H groups in total. The fraction of sp³-hybridized carbons (Fsp3) is 0.786. The molecule has 0 aliphatic carbocycles. The highest BCUT2D eigenvalue weighted by atomic mass is 32.1. The fourth-order valence-corrected chi connectivity index (χ4v) is 3.84. The van der Waals surface area contributed by atoms with Gasteiger partial charge in [-0.15, -0.1) is 11.3 Å². The van der Waals surface area contributed by atoms with Crippen LogP contribution in [0.4, 0.5) is 5.13 Å². The molecular weight excluding hydrogens is 258 g/mol. The molecule has 0 radical (unpaired) electrons. The smallest absolute Gasteiger partial charge is 0.185 e. The minimum Gasteiger partial charge on any atom is -0.379 e. The summed E-state index contributed by atoms with van der Waals surface area (Å²) in [5.41, 5.74) is 1.19. The van der Waals surface area contributed by atoms with Crippen LogP contribution in [0.2, 0.25) is 0 Å². The zero-order valence-electron chi connectivity index (χ0n) is 11.9. The van der Waals surface area contributed by atoms with E-state index in [0.717, 1.165) is 32.2 Å². The van der Waals surface area contributed by atoms with Crippen LogP contribution in [-0.4, -0.2) is 55.8 Å². The lowest BCUT2D eigenvalue weighted by atomic mass is 10.1. The lowest BCUT2D eigenvalue weighted by Crippen LogP contribution is -2.39. The maximum Gasteiger partial charge on any atom is 0.185 e. The largest absolute Gasteiger partial charge is 0.379 e. The first-order valence-electron chi connectivity index (χ1n) is 7.21. The Labute approximate surface area is 119 Å². The molecule has 106 valence electrons. The standard InChI is InChI=1S/C14H23N3OS/c1-11-12(2)19-14(15-11)17-4-3-13(10-17)9-16-5-7-18-8-6-16/h13H,3-10H2,1-2H3. The molecular formula is C14H23N3OS. The summed E-state index contributed by atoms with van der Waals surface area (Å²) in [7, 11) is 0. The molecule has 0 bridgehead atoms. The second-order valence-electron chi connectivity index (χ2n) is 5.65. The molecule has 0 amide bonds. The summed E-state index contributed by atoms with van der Waals surface area (Å²) >= 11 is 1.84. The van der Waals surface area contributed by atoms with Gasteiger partial charge in [0, 0.05) is 37.6 Å². The van der Waals surface area contributed by atoms with Crippen LogP contribution in [0.5, 0.6) is 0 Å². The summed E-state index contributed by atoms with van der Waals surface area (Å²) in [6.07, 6.45) is 1.30. The normalized spacial score (nSPS) is 25.2. The predicted octanol–water partition coefficient (Wildman–Crippen LogP) is 1.92. The van der Waals surface area contributed by atoms with Crippen molar-refractivity contribution in [1.82, 2.24) is 9.88 Å². The van der Waals surface area contributed by atoms with Gasteiger partial charge in [0.05, 0.1) is 18.9 Å². The molecule has 0 aromatic carbocycles. The van der Waals surface area contributed by atoms with E-state index >= 15 is 0 Å². The number of ether oxygens (including phenoxy) is 1. The molecule has 2 fully saturated rings. The first-order chi connectivity index (χ1) is 9.22. The fourth-order valence-electron chi connectivity index (χ4n) is 2.90. The first-order valence-corrected chi connectivity index (χ1v) is 8.03. The molecule has 2 aliphatic heterocycles. The van der Waals surface area contributed by atoms with Crippen molar-refractivity contribution < 1.29 is 4.74 Å². The lowest BCUT2D eigenvalue weighted by molar-refractivity contribution is 0.0320. The maximum absolute atomic E-state index is 5.41. The van der Waals surface area contributed by atoms with E-state index in [1.807, 2.05) is 11.3 Å². The van der Waals surface area contributed by atoms with Gasteiger partial charge < -0.3 is 9.64 Å². The number of aromatic nitrogens is 1. The number of thiazole rings is 1. The molecule has 3 heterocycles. The molecule has 1 aromatic rings. The summed E-state index contributed by atoms with van der Waals surface area (Å²) < 4.78 is 5.41. The van der Waals surface area contributed by atoms with Crippen molar-refractivity contribution in [1.29, 1.82) is 0 Å². The summed E-state index contributed by atoms with van der Waals surface area (Å²) in [5.74, 6) is 0.794. The molecule has 4 nitrogen and oxygen atoms in total.